The fourth-order valence-electron chi connectivity index (χ4n) is 7.54. The number of nitrogens with zero attached hydrogens (tertiary/aromatic N) is 1. The van der Waals surface area contributed by atoms with E-state index in [0.717, 1.165) is 45.1 Å². The molecule has 0 fully saturated rings. The Balaban J connectivity index is 0.000000172. The third-order valence-corrected chi connectivity index (χ3v) is 9.91. The van der Waals surface area contributed by atoms with Gasteiger partial charge in [-0.1, -0.05) is 159 Å². The SMILES string of the molecule is C.C=C1/C2=C\C=C/N(c3cccc(-c4cccc(C)c4)c3)c3cccc(c31)-c1ccccc1O2.c1ccc2c(c1)c1ccccc1c1ccccc21. The molecule has 2 heterocycles. The van der Waals surface area contributed by atoms with E-state index in [1.165, 1.54) is 49.0 Å². The van der Waals surface area contributed by atoms with Gasteiger partial charge in [-0.05, 0) is 92.3 Å². The lowest BCUT2D eigenvalue weighted by atomic mass is 9.92. The van der Waals surface area contributed by atoms with Gasteiger partial charge < -0.3 is 9.64 Å². The molecule has 2 aliphatic rings. The predicted octanol–water partition coefficient (Wildman–Crippen LogP) is 14.1. The second-order valence-electron chi connectivity index (χ2n) is 13.1. The molecule has 8 aromatic carbocycles. The van der Waals surface area contributed by atoms with Crippen LogP contribution in [0.1, 0.15) is 18.6 Å². The van der Waals surface area contributed by atoms with E-state index in [-0.39, 0.29) is 7.43 Å². The van der Waals surface area contributed by atoms with Gasteiger partial charge in [0.2, 0.25) is 0 Å². The molecule has 0 saturated heterocycles. The van der Waals surface area contributed by atoms with Crippen LogP contribution in [0.15, 0.2) is 194 Å². The molecule has 0 unspecified atom stereocenters. The third kappa shape index (κ3) is 5.65. The number of rotatable bonds is 2. The van der Waals surface area contributed by atoms with Crippen molar-refractivity contribution in [2.75, 3.05) is 4.90 Å². The Kier molecular flexibility index (Phi) is 8.50. The average Bonchev–Trinajstić information content (AvgIpc) is 3.31. The van der Waals surface area contributed by atoms with Crippen LogP contribution in [0.5, 0.6) is 5.75 Å². The molecule has 0 radical (unpaired) electrons. The first-order valence-corrected chi connectivity index (χ1v) is 17.4. The van der Waals surface area contributed by atoms with Crippen LogP contribution in [0.3, 0.4) is 0 Å². The van der Waals surface area contributed by atoms with Gasteiger partial charge in [0.15, 0.2) is 0 Å². The summed E-state index contributed by atoms with van der Waals surface area (Å²) in [6.07, 6.45) is 6.13. The highest BCUT2D eigenvalue weighted by atomic mass is 16.5. The van der Waals surface area contributed by atoms with E-state index in [1.807, 2.05) is 24.3 Å². The fourth-order valence-corrected chi connectivity index (χ4v) is 7.54. The summed E-state index contributed by atoms with van der Waals surface area (Å²) in [6.45, 7) is 6.57. The summed E-state index contributed by atoms with van der Waals surface area (Å²) in [6, 6.07) is 57.9. The molecule has 2 bridgehead atoms. The Bertz CT molecular complexity index is 2490. The van der Waals surface area contributed by atoms with Gasteiger partial charge in [0.1, 0.15) is 11.5 Å². The monoisotopic (exact) mass is 669 g/mol. The van der Waals surface area contributed by atoms with Crippen molar-refractivity contribution >= 4 is 49.3 Å². The van der Waals surface area contributed by atoms with E-state index in [0.29, 0.717) is 0 Å². The van der Waals surface area contributed by atoms with Gasteiger partial charge in [0.05, 0.1) is 5.69 Å². The number of fused-ring (bicyclic) bond motifs is 9. The summed E-state index contributed by atoms with van der Waals surface area (Å²) in [5, 5.41) is 8.04. The van der Waals surface area contributed by atoms with Crippen molar-refractivity contribution < 1.29 is 4.74 Å². The summed E-state index contributed by atoms with van der Waals surface area (Å²) < 4.78 is 6.30. The molecule has 0 saturated carbocycles. The Morgan fingerprint density at radius 2 is 1.04 bits per heavy atom. The summed E-state index contributed by atoms with van der Waals surface area (Å²) in [4.78, 5) is 2.24. The lowest BCUT2D eigenvalue weighted by Crippen LogP contribution is -2.13. The van der Waals surface area contributed by atoms with Crippen LogP contribution in [0, 0.1) is 6.92 Å². The molecule has 2 nitrogen and oxygen atoms in total. The zero-order valence-corrected chi connectivity index (χ0v) is 28.4. The van der Waals surface area contributed by atoms with E-state index in [1.54, 1.807) is 0 Å². The molecule has 0 aromatic heterocycles. The topological polar surface area (TPSA) is 12.5 Å². The highest BCUT2D eigenvalue weighted by Gasteiger charge is 2.26. The number of hydrogen-bond acceptors (Lipinski definition) is 2. The predicted molar refractivity (Wildman–Crippen MR) is 223 cm³/mol. The maximum Gasteiger partial charge on any atom is 0.135 e. The van der Waals surface area contributed by atoms with Crippen molar-refractivity contribution in [3.63, 3.8) is 0 Å². The van der Waals surface area contributed by atoms with Crippen molar-refractivity contribution in [1.82, 2.24) is 0 Å². The summed E-state index contributed by atoms with van der Waals surface area (Å²) in [5.74, 6) is 1.63. The van der Waals surface area contributed by atoms with E-state index >= 15 is 0 Å². The summed E-state index contributed by atoms with van der Waals surface area (Å²) in [5.41, 5.74) is 10.0. The van der Waals surface area contributed by atoms with Crippen LogP contribution in [0.2, 0.25) is 0 Å². The van der Waals surface area contributed by atoms with Gasteiger partial charge in [-0.15, -0.1) is 0 Å². The van der Waals surface area contributed by atoms with Crippen LogP contribution >= 0.6 is 0 Å². The van der Waals surface area contributed by atoms with Gasteiger partial charge in [-0.25, -0.2) is 0 Å². The maximum atomic E-state index is 6.30. The van der Waals surface area contributed by atoms with Gasteiger partial charge in [0, 0.05) is 28.6 Å². The van der Waals surface area contributed by atoms with Crippen LogP contribution in [-0.4, -0.2) is 0 Å². The first-order chi connectivity index (χ1) is 25.1. The van der Waals surface area contributed by atoms with E-state index in [2.05, 4.69) is 176 Å². The minimum absolute atomic E-state index is 0. The zero-order valence-electron chi connectivity index (χ0n) is 28.4. The molecule has 10 rings (SSSR count). The average molecular weight is 670 g/mol. The second kappa shape index (κ2) is 13.6. The van der Waals surface area contributed by atoms with Crippen molar-refractivity contribution in [1.29, 1.82) is 0 Å². The molecular weight excluding hydrogens is 631 g/mol. The van der Waals surface area contributed by atoms with Crippen molar-refractivity contribution in [3.8, 4) is 28.0 Å². The van der Waals surface area contributed by atoms with E-state index < -0.39 is 0 Å². The molecule has 0 spiro atoms. The number of ether oxygens (including phenoxy) is 1. The Labute approximate surface area is 305 Å². The number of para-hydroxylation sites is 1. The molecule has 2 heteroatoms. The van der Waals surface area contributed by atoms with Crippen LogP contribution in [0.25, 0.3) is 60.1 Å². The molecule has 0 N–H and O–H groups in total. The standard InChI is InChI=1S/C31H23NO.C18H12.CH4/c1-21-9-5-10-23(19-21)24-11-6-12-25(20-24)32-18-8-17-29-22(2)31-27(14-7-15-28(31)32)26-13-3-4-16-30(26)33-29;1-2-8-14-13(7-1)15-9-3-4-11-17(15)18-12-6-5-10-16(14)18;/h3-20H,2H2,1H3;1-12H;1H4/b18-8-,29-17+;;. The van der Waals surface area contributed by atoms with Gasteiger partial charge in [-0.3, -0.25) is 0 Å². The molecule has 52 heavy (non-hydrogen) atoms. The molecular formula is C50H39NO. The number of hydrogen-bond donors (Lipinski definition) is 0. The lowest BCUT2D eigenvalue weighted by Gasteiger charge is -2.27. The largest absolute Gasteiger partial charge is 0.456 e. The molecule has 250 valence electrons. The smallest absolute Gasteiger partial charge is 0.135 e. The van der Waals surface area contributed by atoms with Crippen molar-refractivity contribution in [2.24, 2.45) is 0 Å². The zero-order chi connectivity index (χ0) is 34.3. The third-order valence-electron chi connectivity index (χ3n) is 9.91. The first kappa shape index (κ1) is 32.6. The minimum Gasteiger partial charge on any atom is -0.456 e. The molecule has 0 atom stereocenters. The van der Waals surface area contributed by atoms with Gasteiger partial charge >= 0.3 is 0 Å². The second-order valence-corrected chi connectivity index (χ2v) is 13.1. The highest BCUT2D eigenvalue weighted by Crippen LogP contribution is 2.48. The highest BCUT2D eigenvalue weighted by molar-refractivity contribution is 6.25. The van der Waals surface area contributed by atoms with Crippen molar-refractivity contribution in [3.05, 3.63) is 206 Å². The Morgan fingerprint density at radius 3 is 1.65 bits per heavy atom. The lowest BCUT2D eigenvalue weighted by molar-refractivity contribution is 0.453. The molecule has 0 amide bonds. The summed E-state index contributed by atoms with van der Waals surface area (Å²) >= 11 is 0. The van der Waals surface area contributed by atoms with Gasteiger partial charge in [0.25, 0.3) is 0 Å². The van der Waals surface area contributed by atoms with Crippen LogP contribution in [-0.2, 0) is 0 Å². The van der Waals surface area contributed by atoms with Gasteiger partial charge in [-0.2, -0.15) is 0 Å². The quantitative estimate of drug-likeness (QED) is 0.170. The number of benzene rings is 8. The molecule has 0 aliphatic carbocycles. The summed E-state index contributed by atoms with van der Waals surface area (Å²) in [7, 11) is 0. The first-order valence-electron chi connectivity index (χ1n) is 17.4. The number of allylic oxidation sites excluding steroid dienone is 3. The minimum atomic E-state index is 0. The normalized spacial score (nSPS) is 14.4. The maximum absolute atomic E-state index is 6.30. The fraction of sp³-hybridized carbons (Fsp3) is 0.0400. The molecule has 8 aromatic rings. The number of aryl methyl sites for hydroxylation is 1. The molecule has 2 aliphatic heterocycles. The van der Waals surface area contributed by atoms with Crippen molar-refractivity contribution in [2.45, 2.75) is 14.4 Å². The van der Waals surface area contributed by atoms with Crippen LogP contribution < -0.4 is 9.64 Å². The van der Waals surface area contributed by atoms with Crippen LogP contribution in [0.4, 0.5) is 11.4 Å². The van der Waals surface area contributed by atoms with E-state index in [9.17, 15) is 0 Å². The van der Waals surface area contributed by atoms with E-state index in [4.69, 9.17) is 4.74 Å². The Morgan fingerprint density at radius 1 is 0.519 bits per heavy atom. The Hall–Kier alpha value is -6.64. The number of anilines is 2.